The SMILES string of the molecule is CCOC(=O)c1ccccc1-c1ccc(COS(=O)(=O)CC)cc1. The molecule has 0 aliphatic heterocycles. The van der Waals surface area contributed by atoms with Crippen molar-refractivity contribution >= 4 is 16.1 Å². The molecule has 2 aromatic rings. The van der Waals surface area contributed by atoms with Crippen molar-refractivity contribution in [3.05, 3.63) is 59.7 Å². The molecule has 24 heavy (non-hydrogen) atoms. The van der Waals surface area contributed by atoms with Crippen molar-refractivity contribution in [2.75, 3.05) is 12.4 Å². The zero-order valence-electron chi connectivity index (χ0n) is 13.7. The fourth-order valence-electron chi connectivity index (χ4n) is 2.14. The molecule has 0 N–H and O–H groups in total. The summed E-state index contributed by atoms with van der Waals surface area (Å²) in [4.78, 5) is 12.0. The molecule has 2 rings (SSSR count). The van der Waals surface area contributed by atoms with Crippen molar-refractivity contribution in [3.63, 3.8) is 0 Å². The van der Waals surface area contributed by atoms with Crippen LogP contribution in [0.25, 0.3) is 11.1 Å². The highest BCUT2D eigenvalue weighted by atomic mass is 32.2. The number of rotatable bonds is 7. The fraction of sp³-hybridized carbons (Fsp3) is 0.278. The van der Waals surface area contributed by atoms with E-state index in [1.165, 1.54) is 6.92 Å². The molecule has 128 valence electrons. The van der Waals surface area contributed by atoms with E-state index in [1.807, 2.05) is 24.3 Å². The Morgan fingerprint density at radius 1 is 1.00 bits per heavy atom. The van der Waals surface area contributed by atoms with Gasteiger partial charge in [0.1, 0.15) is 0 Å². The van der Waals surface area contributed by atoms with Crippen molar-refractivity contribution in [3.8, 4) is 11.1 Å². The molecule has 0 spiro atoms. The molecule has 0 aliphatic carbocycles. The summed E-state index contributed by atoms with van der Waals surface area (Å²) in [5.74, 6) is -0.424. The molecule has 0 aromatic heterocycles. The molecule has 0 atom stereocenters. The topological polar surface area (TPSA) is 69.7 Å². The first-order chi connectivity index (χ1) is 11.5. The third-order valence-corrected chi connectivity index (χ3v) is 4.63. The Morgan fingerprint density at radius 2 is 1.67 bits per heavy atom. The maximum absolute atomic E-state index is 12.0. The molecule has 6 heteroatoms. The Hall–Kier alpha value is -2.18. The summed E-state index contributed by atoms with van der Waals surface area (Å²) in [6.45, 7) is 3.61. The zero-order valence-corrected chi connectivity index (χ0v) is 14.5. The summed E-state index contributed by atoms with van der Waals surface area (Å²) >= 11 is 0. The second-order valence-electron chi connectivity index (χ2n) is 5.07. The first-order valence-electron chi connectivity index (χ1n) is 7.69. The van der Waals surface area contributed by atoms with Crippen LogP contribution in [0.1, 0.15) is 29.8 Å². The van der Waals surface area contributed by atoms with Gasteiger partial charge in [0, 0.05) is 0 Å². The zero-order chi connectivity index (χ0) is 17.6. The van der Waals surface area contributed by atoms with Gasteiger partial charge in [-0.15, -0.1) is 0 Å². The van der Waals surface area contributed by atoms with Gasteiger partial charge in [-0.1, -0.05) is 42.5 Å². The molecule has 0 fully saturated rings. The number of carbonyl (C=O) groups excluding carboxylic acids is 1. The van der Waals surface area contributed by atoms with E-state index >= 15 is 0 Å². The molecule has 0 radical (unpaired) electrons. The van der Waals surface area contributed by atoms with E-state index in [0.29, 0.717) is 12.2 Å². The van der Waals surface area contributed by atoms with E-state index in [4.69, 9.17) is 8.92 Å². The number of benzene rings is 2. The summed E-state index contributed by atoms with van der Waals surface area (Å²) in [5, 5.41) is 0. The minimum Gasteiger partial charge on any atom is -0.462 e. The first kappa shape index (κ1) is 18.2. The average Bonchev–Trinajstić information content (AvgIpc) is 2.61. The van der Waals surface area contributed by atoms with Gasteiger partial charge in [-0.25, -0.2) is 4.79 Å². The third-order valence-electron chi connectivity index (χ3n) is 3.45. The average molecular weight is 348 g/mol. The minimum atomic E-state index is -3.47. The minimum absolute atomic E-state index is 0.00399. The summed E-state index contributed by atoms with van der Waals surface area (Å²) in [6, 6.07) is 14.4. The number of esters is 1. The normalized spacial score (nSPS) is 11.2. The summed E-state index contributed by atoms with van der Waals surface area (Å²) in [5.41, 5.74) is 2.85. The second kappa shape index (κ2) is 8.08. The number of hydrogen-bond acceptors (Lipinski definition) is 5. The molecule has 5 nitrogen and oxygen atoms in total. The molecule has 2 aromatic carbocycles. The van der Waals surface area contributed by atoms with E-state index in [1.54, 1.807) is 31.2 Å². The number of ether oxygens (including phenoxy) is 1. The van der Waals surface area contributed by atoms with Crippen LogP contribution in [0, 0.1) is 0 Å². The summed E-state index contributed by atoms with van der Waals surface area (Å²) in [6.07, 6.45) is 0. The molecule has 0 amide bonds. The molecular formula is C18H20O5S. The predicted octanol–water partition coefficient (Wildman–Crippen LogP) is 3.40. The molecule has 0 unspecified atom stereocenters. The first-order valence-corrected chi connectivity index (χ1v) is 9.27. The van der Waals surface area contributed by atoms with Gasteiger partial charge >= 0.3 is 5.97 Å². The highest BCUT2D eigenvalue weighted by Gasteiger charge is 2.13. The molecule has 0 heterocycles. The van der Waals surface area contributed by atoms with Gasteiger partial charge in [0.05, 0.1) is 24.5 Å². The standard InChI is InChI=1S/C18H20O5S/c1-3-22-18(19)17-8-6-5-7-16(17)15-11-9-14(10-12-15)13-23-24(20,21)4-2/h5-12H,3-4,13H2,1-2H3. The lowest BCUT2D eigenvalue weighted by atomic mass is 9.99. The second-order valence-corrected chi connectivity index (χ2v) is 7.00. The quantitative estimate of drug-likeness (QED) is 0.566. The van der Waals surface area contributed by atoms with Gasteiger partial charge in [0.2, 0.25) is 0 Å². The summed E-state index contributed by atoms with van der Waals surface area (Å²) in [7, 11) is -3.47. The predicted molar refractivity (Wildman–Crippen MR) is 92.1 cm³/mol. The van der Waals surface area contributed by atoms with E-state index in [2.05, 4.69) is 0 Å². The van der Waals surface area contributed by atoms with Crippen molar-refractivity contribution in [2.45, 2.75) is 20.5 Å². The van der Waals surface area contributed by atoms with Gasteiger partial charge in [-0.05, 0) is 36.6 Å². The monoisotopic (exact) mass is 348 g/mol. The van der Waals surface area contributed by atoms with Crippen LogP contribution in [0.15, 0.2) is 48.5 Å². The van der Waals surface area contributed by atoms with Crippen LogP contribution >= 0.6 is 0 Å². The number of hydrogen-bond donors (Lipinski definition) is 0. The maximum Gasteiger partial charge on any atom is 0.338 e. The van der Waals surface area contributed by atoms with Crippen LogP contribution in [0.2, 0.25) is 0 Å². The lowest BCUT2D eigenvalue weighted by molar-refractivity contribution is 0.0527. The van der Waals surface area contributed by atoms with E-state index in [0.717, 1.165) is 16.7 Å². The van der Waals surface area contributed by atoms with Crippen LogP contribution in [0.5, 0.6) is 0 Å². The number of carbonyl (C=O) groups is 1. The van der Waals surface area contributed by atoms with Gasteiger partial charge in [0.25, 0.3) is 10.1 Å². The Labute approximate surface area is 142 Å². The summed E-state index contributed by atoms with van der Waals surface area (Å²) < 4.78 is 32.7. The van der Waals surface area contributed by atoms with Crippen LogP contribution in [-0.2, 0) is 25.6 Å². The maximum atomic E-state index is 12.0. The van der Waals surface area contributed by atoms with Crippen LogP contribution in [0.3, 0.4) is 0 Å². The van der Waals surface area contributed by atoms with Gasteiger partial charge < -0.3 is 4.74 Å². The lowest BCUT2D eigenvalue weighted by Gasteiger charge is -2.10. The van der Waals surface area contributed by atoms with Crippen LogP contribution in [-0.4, -0.2) is 26.7 Å². The Bertz CT molecular complexity index is 794. The van der Waals surface area contributed by atoms with Crippen LogP contribution < -0.4 is 0 Å². The molecule has 0 aliphatic rings. The highest BCUT2D eigenvalue weighted by molar-refractivity contribution is 7.86. The molecule has 0 saturated heterocycles. The fourth-order valence-corrected chi connectivity index (χ4v) is 2.63. The van der Waals surface area contributed by atoms with E-state index in [-0.39, 0.29) is 18.3 Å². The van der Waals surface area contributed by atoms with Crippen molar-refractivity contribution in [2.24, 2.45) is 0 Å². The Kier molecular flexibility index (Phi) is 6.11. The van der Waals surface area contributed by atoms with Gasteiger partial charge in [-0.3, -0.25) is 4.18 Å². The van der Waals surface area contributed by atoms with Crippen molar-refractivity contribution in [1.29, 1.82) is 0 Å². The van der Waals surface area contributed by atoms with Crippen molar-refractivity contribution < 1.29 is 22.1 Å². The van der Waals surface area contributed by atoms with Crippen molar-refractivity contribution in [1.82, 2.24) is 0 Å². The van der Waals surface area contributed by atoms with E-state index in [9.17, 15) is 13.2 Å². The highest BCUT2D eigenvalue weighted by Crippen LogP contribution is 2.25. The molecule has 0 saturated carbocycles. The molecule has 0 bridgehead atoms. The Balaban J connectivity index is 2.21. The van der Waals surface area contributed by atoms with E-state index < -0.39 is 10.1 Å². The Morgan fingerprint density at radius 3 is 2.29 bits per heavy atom. The molecular weight excluding hydrogens is 328 g/mol. The van der Waals surface area contributed by atoms with Gasteiger partial charge in [-0.2, -0.15) is 8.42 Å². The largest absolute Gasteiger partial charge is 0.462 e. The third kappa shape index (κ3) is 4.66. The smallest absolute Gasteiger partial charge is 0.338 e. The van der Waals surface area contributed by atoms with Crippen LogP contribution in [0.4, 0.5) is 0 Å². The lowest BCUT2D eigenvalue weighted by Crippen LogP contribution is -2.08. The van der Waals surface area contributed by atoms with Gasteiger partial charge in [0.15, 0.2) is 0 Å².